The first-order valence-corrected chi connectivity index (χ1v) is 11.8. The van der Waals surface area contributed by atoms with Gasteiger partial charge in [0.2, 0.25) is 5.95 Å². The van der Waals surface area contributed by atoms with Crippen molar-refractivity contribution in [2.75, 3.05) is 24.4 Å². The molecule has 1 aliphatic rings. The van der Waals surface area contributed by atoms with Crippen molar-refractivity contribution in [1.29, 1.82) is 0 Å². The van der Waals surface area contributed by atoms with E-state index in [0.29, 0.717) is 41.1 Å². The average Bonchev–Trinajstić information content (AvgIpc) is 3.32. The number of methoxy groups -OCH3 is 1. The first kappa shape index (κ1) is 23.2. The van der Waals surface area contributed by atoms with E-state index in [1.54, 1.807) is 11.8 Å². The molecule has 2 N–H and O–H groups in total. The topological polar surface area (TPSA) is 90.3 Å². The van der Waals surface area contributed by atoms with Gasteiger partial charge < -0.3 is 20.1 Å². The molecule has 0 fully saturated rings. The van der Waals surface area contributed by atoms with Gasteiger partial charge in [0.05, 0.1) is 19.3 Å². The quantitative estimate of drug-likeness (QED) is 0.373. The molecule has 0 aliphatic carbocycles. The molecule has 1 aliphatic heterocycles. The number of anilines is 2. The number of rotatable bonds is 7. The van der Waals surface area contributed by atoms with Crippen LogP contribution in [-0.4, -0.2) is 34.4 Å². The highest BCUT2D eigenvalue weighted by Crippen LogP contribution is 2.40. The zero-order chi connectivity index (χ0) is 25.1. The summed E-state index contributed by atoms with van der Waals surface area (Å²) in [7, 11) is 1.63. The van der Waals surface area contributed by atoms with E-state index in [1.807, 2.05) is 92.7 Å². The Labute approximate surface area is 209 Å². The number of nitrogens with one attached hydrogen (secondary N) is 2. The van der Waals surface area contributed by atoms with Crippen LogP contribution in [0.5, 0.6) is 11.5 Å². The van der Waals surface area contributed by atoms with E-state index in [1.165, 1.54) is 0 Å². The van der Waals surface area contributed by atoms with Crippen LogP contribution < -0.4 is 20.1 Å². The Morgan fingerprint density at radius 3 is 2.47 bits per heavy atom. The molecule has 1 aromatic heterocycles. The SMILES string of the molecule is CCOc1ccccc1C1C(C(=O)Nc2ccccc2)=C(C)Nc2nc(-c3ccc(OC)cc3)nn21. The molecule has 1 amide bonds. The van der Waals surface area contributed by atoms with Gasteiger partial charge in [-0.3, -0.25) is 4.79 Å². The Morgan fingerprint density at radius 2 is 1.75 bits per heavy atom. The van der Waals surface area contributed by atoms with E-state index >= 15 is 0 Å². The van der Waals surface area contributed by atoms with Crippen LogP contribution in [0.1, 0.15) is 25.5 Å². The Balaban J connectivity index is 1.62. The number of aromatic nitrogens is 3. The second-order valence-corrected chi connectivity index (χ2v) is 8.29. The number of carbonyl (C=O) groups excluding carboxylic acids is 1. The lowest BCUT2D eigenvalue weighted by Crippen LogP contribution is -2.31. The smallest absolute Gasteiger partial charge is 0.255 e. The minimum absolute atomic E-state index is 0.227. The second kappa shape index (κ2) is 9.95. The highest BCUT2D eigenvalue weighted by molar-refractivity contribution is 6.06. The maximum atomic E-state index is 13.7. The third kappa shape index (κ3) is 4.40. The van der Waals surface area contributed by atoms with Gasteiger partial charge in [-0.2, -0.15) is 4.98 Å². The van der Waals surface area contributed by atoms with Crippen LogP contribution in [-0.2, 0) is 4.79 Å². The number of allylic oxidation sites excluding steroid dienone is 1. The fourth-order valence-corrected chi connectivity index (χ4v) is 4.31. The summed E-state index contributed by atoms with van der Waals surface area (Å²) in [5.74, 6) is 2.30. The number of ether oxygens (including phenoxy) is 2. The molecule has 2 heterocycles. The van der Waals surface area contributed by atoms with Gasteiger partial charge >= 0.3 is 0 Å². The molecule has 0 bridgehead atoms. The molecule has 8 heteroatoms. The molecular formula is C28H27N5O3. The summed E-state index contributed by atoms with van der Waals surface area (Å²) in [4.78, 5) is 18.4. The number of para-hydroxylation sites is 2. The largest absolute Gasteiger partial charge is 0.497 e. The van der Waals surface area contributed by atoms with Crippen LogP contribution in [0.15, 0.2) is 90.1 Å². The maximum absolute atomic E-state index is 13.7. The van der Waals surface area contributed by atoms with Crippen LogP contribution in [0.3, 0.4) is 0 Å². The van der Waals surface area contributed by atoms with Gasteiger partial charge in [0, 0.05) is 22.5 Å². The number of amides is 1. The van der Waals surface area contributed by atoms with Crippen LogP contribution in [0, 0.1) is 0 Å². The van der Waals surface area contributed by atoms with Crippen molar-refractivity contribution in [2.24, 2.45) is 0 Å². The molecule has 0 radical (unpaired) electrons. The Kier molecular flexibility index (Phi) is 6.40. The van der Waals surface area contributed by atoms with Gasteiger partial charge in [-0.15, -0.1) is 5.10 Å². The van der Waals surface area contributed by atoms with Crippen molar-refractivity contribution in [3.8, 4) is 22.9 Å². The monoisotopic (exact) mass is 481 g/mol. The van der Waals surface area contributed by atoms with Crippen molar-refractivity contribution in [3.05, 3.63) is 95.7 Å². The highest BCUT2D eigenvalue weighted by Gasteiger charge is 2.36. The molecule has 5 rings (SSSR count). The second-order valence-electron chi connectivity index (χ2n) is 8.29. The maximum Gasteiger partial charge on any atom is 0.255 e. The van der Waals surface area contributed by atoms with E-state index in [4.69, 9.17) is 19.6 Å². The van der Waals surface area contributed by atoms with Crippen LogP contribution in [0.4, 0.5) is 11.6 Å². The third-order valence-electron chi connectivity index (χ3n) is 5.99. The van der Waals surface area contributed by atoms with E-state index < -0.39 is 6.04 Å². The summed E-state index contributed by atoms with van der Waals surface area (Å²) in [6, 6.07) is 24.1. The summed E-state index contributed by atoms with van der Waals surface area (Å²) >= 11 is 0. The first-order valence-electron chi connectivity index (χ1n) is 11.8. The lowest BCUT2D eigenvalue weighted by molar-refractivity contribution is -0.113. The van der Waals surface area contributed by atoms with E-state index in [2.05, 4.69) is 10.6 Å². The molecular weight excluding hydrogens is 454 g/mol. The van der Waals surface area contributed by atoms with E-state index in [-0.39, 0.29) is 5.91 Å². The number of nitrogens with zero attached hydrogens (tertiary/aromatic N) is 3. The number of benzene rings is 3. The molecule has 0 spiro atoms. The van der Waals surface area contributed by atoms with Gasteiger partial charge in [-0.1, -0.05) is 36.4 Å². The molecule has 0 saturated carbocycles. The summed E-state index contributed by atoms with van der Waals surface area (Å²) in [5.41, 5.74) is 3.60. The minimum Gasteiger partial charge on any atom is -0.497 e. The van der Waals surface area contributed by atoms with Crippen molar-refractivity contribution in [2.45, 2.75) is 19.9 Å². The van der Waals surface area contributed by atoms with Crippen molar-refractivity contribution in [3.63, 3.8) is 0 Å². The van der Waals surface area contributed by atoms with Gasteiger partial charge in [-0.05, 0) is 56.3 Å². The Bertz CT molecular complexity index is 1410. The van der Waals surface area contributed by atoms with Crippen molar-refractivity contribution >= 4 is 17.5 Å². The lowest BCUT2D eigenvalue weighted by Gasteiger charge is -2.29. The number of carbonyl (C=O) groups is 1. The number of hydrogen-bond acceptors (Lipinski definition) is 6. The molecule has 1 unspecified atom stereocenters. The summed E-state index contributed by atoms with van der Waals surface area (Å²) in [6.07, 6.45) is 0. The fourth-order valence-electron chi connectivity index (χ4n) is 4.31. The predicted octanol–water partition coefficient (Wildman–Crippen LogP) is 5.28. The summed E-state index contributed by atoms with van der Waals surface area (Å²) in [5, 5.41) is 11.1. The van der Waals surface area contributed by atoms with E-state index in [9.17, 15) is 4.79 Å². The van der Waals surface area contributed by atoms with Gasteiger partial charge in [0.1, 0.15) is 17.5 Å². The van der Waals surface area contributed by atoms with Gasteiger partial charge in [0.25, 0.3) is 5.91 Å². The number of fused-ring (bicyclic) bond motifs is 1. The normalized spacial score (nSPS) is 14.6. The molecule has 8 nitrogen and oxygen atoms in total. The van der Waals surface area contributed by atoms with Crippen LogP contribution in [0.25, 0.3) is 11.4 Å². The summed E-state index contributed by atoms with van der Waals surface area (Å²) < 4.78 is 13.0. The minimum atomic E-state index is -0.549. The molecule has 36 heavy (non-hydrogen) atoms. The zero-order valence-electron chi connectivity index (χ0n) is 20.4. The Morgan fingerprint density at radius 1 is 1.03 bits per heavy atom. The highest BCUT2D eigenvalue weighted by atomic mass is 16.5. The summed E-state index contributed by atoms with van der Waals surface area (Å²) in [6.45, 7) is 4.31. The first-order chi connectivity index (χ1) is 17.6. The zero-order valence-corrected chi connectivity index (χ0v) is 20.4. The average molecular weight is 482 g/mol. The standard InChI is InChI=1S/C28H27N5O3/c1-4-36-23-13-9-8-12-22(23)25-24(27(34)30-20-10-6-5-7-11-20)18(2)29-28-31-26(32-33(25)28)19-14-16-21(35-3)17-15-19/h5-17,25H,4H2,1-3H3,(H,30,34)(H,29,31,32). The third-order valence-corrected chi connectivity index (χ3v) is 5.99. The van der Waals surface area contributed by atoms with Crippen LogP contribution in [0.2, 0.25) is 0 Å². The molecule has 0 saturated heterocycles. The van der Waals surface area contributed by atoms with Crippen molar-refractivity contribution in [1.82, 2.24) is 14.8 Å². The fraction of sp³-hybridized carbons (Fsp3) is 0.179. The molecule has 182 valence electrons. The molecule has 1 atom stereocenters. The van der Waals surface area contributed by atoms with Crippen LogP contribution >= 0.6 is 0 Å². The van der Waals surface area contributed by atoms with Gasteiger partial charge in [0.15, 0.2) is 5.82 Å². The molecule has 3 aromatic carbocycles. The lowest BCUT2D eigenvalue weighted by atomic mass is 9.94. The van der Waals surface area contributed by atoms with E-state index in [0.717, 1.165) is 16.9 Å². The Hall–Kier alpha value is -4.59. The van der Waals surface area contributed by atoms with Gasteiger partial charge in [-0.25, -0.2) is 4.68 Å². The predicted molar refractivity (Wildman–Crippen MR) is 139 cm³/mol. The number of hydrogen-bond donors (Lipinski definition) is 2. The molecule has 4 aromatic rings. The van der Waals surface area contributed by atoms with Crippen molar-refractivity contribution < 1.29 is 14.3 Å².